The Morgan fingerprint density at radius 2 is 1.97 bits per heavy atom. The van der Waals surface area contributed by atoms with E-state index in [4.69, 9.17) is 10.7 Å². The van der Waals surface area contributed by atoms with Crippen LogP contribution in [0.3, 0.4) is 0 Å². The van der Waals surface area contributed by atoms with Gasteiger partial charge < -0.3 is 25.8 Å². The SMILES string of the molecule is CC1CNCCC1[C@H]1C[C@@H](n2cc(-c3nc(Cc4ccccc4)cs3)c3c(N)ncnc32)[C@H](O)[C@@H]1O. The molecule has 1 saturated carbocycles. The molecule has 0 spiro atoms. The molecule has 8 nitrogen and oxygen atoms in total. The number of nitrogens with one attached hydrogen (secondary N) is 1. The summed E-state index contributed by atoms with van der Waals surface area (Å²) in [6.07, 6.45) is 4.28. The number of fused-ring (bicyclic) bond motifs is 1. The van der Waals surface area contributed by atoms with Gasteiger partial charge >= 0.3 is 0 Å². The quantitative estimate of drug-likeness (QED) is 0.329. The lowest BCUT2D eigenvalue weighted by molar-refractivity contribution is -0.0141. The van der Waals surface area contributed by atoms with Gasteiger partial charge in [-0.3, -0.25) is 0 Å². The second kappa shape index (κ2) is 9.55. The van der Waals surface area contributed by atoms with Crippen molar-refractivity contribution in [2.45, 2.75) is 44.4 Å². The molecule has 4 aromatic rings. The molecule has 2 unspecified atom stereocenters. The van der Waals surface area contributed by atoms with E-state index < -0.39 is 12.2 Å². The highest BCUT2D eigenvalue weighted by Crippen LogP contribution is 2.46. The standard InChI is InChI=1S/C27H32N6O2S/c1-15-11-29-8-7-18(15)19-10-21(24(35)23(19)34)33-12-20(22-25(28)30-14-31-26(22)33)27-32-17(13-36-27)9-16-5-3-2-4-6-16/h2-6,12-15,18-19,21,23-24,29,34-35H,7-11H2,1H3,(H2,28,30,31)/t15?,18?,19-,21-,23-,24+/m1/s1. The van der Waals surface area contributed by atoms with Gasteiger partial charge in [0, 0.05) is 23.6 Å². The van der Waals surface area contributed by atoms with Gasteiger partial charge in [-0.05, 0) is 49.2 Å². The van der Waals surface area contributed by atoms with Gasteiger partial charge in [-0.1, -0.05) is 37.3 Å². The molecular weight excluding hydrogens is 472 g/mol. The third-order valence-corrected chi connectivity index (χ3v) is 9.03. The molecule has 5 N–H and O–H groups in total. The number of aliphatic hydroxyl groups is 2. The maximum absolute atomic E-state index is 11.2. The summed E-state index contributed by atoms with van der Waals surface area (Å²) in [6.45, 7) is 4.13. The maximum atomic E-state index is 11.2. The van der Waals surface area contributed by atoms with Crippen molar-refractivity contribution in [3.8, 4) is 10.6 Å². The summed E-state index contributed by atoms with van der Waals surface area (Å²) in [5.74, 6) is 1.27. The molecule has 36 heavy (non-hydrogen) atoms. The van der Waals surface area contributed by atoms with Crippen molar-refractivity contribution in [1.29, 1.82) is 0 Å². The van der Waals surface area contributed by atoms with Crippen LogP contribution < -0.4 is 11.1 Å². The summed E-state index contributed by atoms with van der Waals surface area (Å²) in [6, 6.07) is 9.99. The summed E-state index contributed by atoms with van der Waals surface area (Å²) in [5.41, 5.74) is 10.1. The largest absolute Gasteiger partial charge is 0.390 e. The highest BCUT2D eigenvalue weighted by Gasteiger charge is 2.47. The van der Waals surface area contributed by atoms with Crippen LogP contribution in [0.5, 0.6) is 0 Å². The van der Waals surface area contributed by atoms with Crippen molar-refractivity contribution in [3.63, 3.8) is 0 Å². The minimum absolute atomic E-state index is 0.0412. The Balaban J connectivity index is 1.36. The number of piperidine rings is 1. The number of thiazole rings is 1. The second-order valence-electron chi connectivity index (χ2n) is 10.3. The lowest BCUT2D eigenvalue weighted by atomic mass is 9.76. The highest BCUT2D eigenvalue weighted by atomic mass is 32.1. The van der Waals surface area contributed by atoms with Crippen LogP contribution in [0.15, 0.2) is 48.2 Å². The zero-order valence-electron chi connectivity index (χ0n) is 20.3. The number of aliphatic hydroxyl groups excluding tert-OH is 2. The predicted octanol–water partition coefficient (Wildman–Crippen LogP) is 3.26. The molecule has 6 atom stereocenters. The fraction of sp³-hybridized carbons (Fsp3) is 0.444. The Bertz CT molecular complexity index is 1360. The van der Waals surface area contributed by atoms with Gasteiger partial charge in [0.15, 0.2) is 0 Å². The van der Waals surface area contributed by atoms with E-state index in [0.29, 0.717) is 29.7 Å². The maximum Gasteiger partial charge on any atom is 0.146 e. The minimum Gasteiger partial charge on any atom is -0.390 e. The summed E-state index contributed by atoms with van der Waals surface area (Å²) in [5, 5.41) is 29.4. The molecule has 4 heterocycles. The van der Waals surface area contributed by atoms with Crippen LogP contribution in [0.1, 0.15) is 37.1 Å². The second-order valence-corrected chi connectivity index (χ2v) is 11.2. The van der Waals surface area contributed by atoms with Crippen LogP contribution in [-0.4, -0.2) is 55.0 Å². The first-order chi connectivity index (χ1) is 17.5. The van der Waals surface area contributed by atoms with Crippen molar-refractivity contribution in [2.24, 2.45) is 17.8 Å². The van der Waals surface area contributed by atoms with Crippen molar-refractivity contribution in [1.82, 2.24) is 24.8 Å². The van der Waals surface area contributed by atoms with E-state index in [1.54, 1.807) is 11.3 Å². The third kappa shape index (κ3) is 4.10. The molecule has 0 radical (unpaired) electrons. The van der Waals surface area contributed by atoms with E-state index in [9.17, 15) is 10.2 Å². The van der Waals surface area contributed by atoms with Crippen LogP contribution in [0.2, 0.25) is 0 Å². The van der Waals surface area contributed by atoms with Gasteiger partial charge in [0.05, 0.1) is 23.2 Å². The number of benzene rings is 1. The molecule has 0 bridgehead atoms. The molecule has 9 heteroatoms. The van der Waals surface area contributed by atoms with E-state index in [2.05, 4.69) is 39.7 Å². The number of anilines is 1. The molecule has 2 fully saturated rings. The molecule has 1 saturated heterocycles. The normalized spacial score (nSPS) is 28.6. The van der Waals surface area contributed by atoms with Gasteiger partial charge in [0.2, 0.25) is 0 Å². The Hall–Kier alpha value is -2.85. The number of nitrogen functional groups attached to an aromatic ring is 1. The average Bonchev–Trinajstić information content (AvgIpc) is 3.58. The predicted molar refractivity (Wildman–Crippen MR) is 142 cm³/mol. The van der Waals surface area contributed by atoms with E-state index in [0.717, 1.165) is 47.6 Å². The zero-order valence-corrected chi connectivity index (χ0v) is 21.1. The molecule has 1 aromatic carbocycles. The average molecular weight is 505 g/mol. The Morgan fingerprint density at radius 3 is 2.78 bits per heavy atom. The van der Waals surface area contributed by atoms with E-state index in [1.807, 2.05) is 29.0 Å². The Labute approximate surface area is 214 Å². The van der Waals surface area contributed by atoms with Crippen LogP contribution in [-0.2, 0) is 6.42 Å². The molecule has 1 aliphatic carbocycles. The number of hydrogen-bond acceptors (Lipinski definition) is 8. The summed E-state index contributed by atoms with van der Waals surface area (Å²) in [4.78, 5) is 13.7. The Morgan fingerprint density at radius 1 is 1.14 bits per heavy atom. The number of rotatable bonds is 5. The van der Waals surface area contributed by atoms with Crippen molar-refractivity contribution in [2.75, 3.05) is 18.8 Å². The lowest BCUT2D eigenvalue weighted by Crippen LogP contribution is -2.41. The van der Waals surface area contributed by atoms with Gasteiger partial charge in [0.25, 0.3) is 0 Å². The van der Waals surface area contributed by atoms with Crippen LogP contribution >= 0.6 is 11.3 Å². The van der Waals surface area contributed by atoms with E-state index in [-0.39, 0.29) is 12.0 Å². The molecule has 1 aliphatic heterocycles. The molecule has 3 aromatic heterocycles. The smallest absolute Gasteiger partial charge is 0.146 e. The van der Waals surface area contributed by atoms with Crippen molar-refractivity contribution >= 4 is 28.2 Å². The summed E-state index contributed by atoms with van der Waals surface area (Å²) < 4.78 is 2.00. The summed E-state index contributed by atoms with van der Waals surface area (Å²) in [7, 11) is 0. The van der Waals surface area contributed by atoms with Gasteiger partial charge in [0.1, 0.15) is 28.9 Å². The minimum atomic E-state index is -0.873. The van der Waals surface area contributed by atoms with Gasteiger partial charge in [-0.2, -0.15) is 0 Å². The van der Waals surface area contributed by atoms with Crippen LogP contribution in [0, 0.1) is 17.8 Å². The first kappa shape index (κ1) is 23.5. The lowest BCUT2D eigenvalue weighted by Gasteiger charge is -2.35. The molecule has 188 valence electrons. The number of hydrogen-bond donors (Lipinski definition) is 4. The molecule has 0 amide bonds. The number of nitrogens with zero attached hydrogens (tertiary/aromatic N) is 4. The first-order valence-electron chi connectivity index (χ1n) is 12.7. The van der Waals surface area contributed by atoms with E-state index >= 15 is 0 Å². The first-order valence-corrected chi connectivity index (χ1v) is 13.6. The molecule has 2 aliphatic rings. The number of nitrogens with two attached hydrogens (primary N) is 1. The van der Waals surface area contributed by atoms with Gasteiger partial charge in [-0.25, -0.2) is 15.0 Å². The third-order valence-electron chi connectivity index (χ3n) is 8.10. The molecule has 6 rings (SSSR count). The summed E-state index contributed by atoms with van der Waals surface area (Å²) >= 11 is 1.57. The van der Waals surface area contributed by atoms with Gasteiger partial charge in [-0.15, -0.1) is 11.3 Å². The van der Waals surface area contributed by atoms with Crippen LogP contribution in [0.25, 0.3) is 21.6 Å². The molecular formula is C27H32N6O2S. The van der Waals surface area contributed by atoms with Crippen molar-refractivity contribution < 1.29 is 10.2 Å². The monoisotopic (exact) mass is 504 g/mol. The van der Waals surface area contributed by atoms with E-state index in [1.165, 1.54) is 11.9 Å². The highest BCUT2D eigenvalue weighted by molar-refractivity contribution is 7.13. The van der Waals surface area contributed by atoms with Crippen LogP contribution in [0.4, 0.5) is 5.82 Å². The zero-order chi connectivity index (χ0) is 24.8. The fourth-order valence-corrected chi connectivity index (χ4v) is 7.09. The fourth-order valence-electron chi connectivity index (χ4n) is 6.26. The van der Waals surface area contributed by atoms with Crippen molar-refractivity contribution in [3.05, 3.63) is 59.5 Å². The Kier molecular flexibility index (Phi) is 6.25. The number of aromatic nitrogens is 4. The topological polar surface area (TPSA) is 122 Å².